The minimum absolute atomic E-state index is 0.0578. The molecular formula is C28H30N4O2. The van der Waals surface area contributed by atoms with E-state index >= 15 is 0 Å². The number of rotatable bonds is 4. The van der Waals surface area contributed by atoms with Crippen molar-refractivity contribution < 1.29 is 9.90 Å². The summed E-state index contributed by atoms with van der Waals surface area (Å²) in [5.41, 5.74) is 5.10. The van der Waals surface area contributed by atoms with Crippen molar-refractivity contribution >= 4 is 17.1 Å². The third-order valence-electron chi connectivity index (χ3n) is 6.87. The van der Waals surface area contributed by atoms with Crippen molar-refractivity contribution in [1.82, 2.24) is 19.4 Å². The number of nitrogens with zero attached hydrogens (tertiary/aromatic N) is 4. The number of carbonyl (C=O) groups is 1. The molecule has 4 aromatic rings. The van der Waals surface area contributed by atoms with E-state index in [0.717, 1.165) is 34.4 Å². The van der Waals surface area contributed by atoms with E-state index in [0.29, 0.717) is 13.1 Å². The molecule has 0 spiro atoms. The van der Waals surface area contributed by atoms with E-state index in [1.54, 1.807) is 17.3 Å². The summed E-state index contributed by atoms with van der Waals surface area (Å²) in [5.74, 6) is 1.09. The summed E-state index contributed by atoms with van der Waals surface area (Å²) in [4.78, 5) is 22.8. The molecule has 0 bridgehead atoms. The summed E-state index contributed by atoms with van der Waals surface area (Å²) >= 11 is 0. The fraction of sp³-hybridized carbons (Fsp3) is 0.321. The fourth-order valence-corrected chi connectivity index (χ4v) is 5.50. The lowest BCUT2D eigenvalue weighted by Crippen LogP contribution is -2.46. The van der Waals surface area contributed by atoms with E-state index in [2.05, 4.69) is 66.7 Å². The molecule has 1 fully saturated rings. The SMILES string of the molecule is CC(C)(C)C1[C@H](Cn2c(-c3ccc(-c4ccccc4)cc3)nc3cnccc32)CCN1C(=O)O. The molecule has 0 aliphatic carbocycles. The molecule has 6 heteroatoms. The Bertz CT molecular complexity index is 1310. The molecule has 3 heterocycles. The third kappa shape index (κ3) is 4.04. The number of pyridine rings is 1. The third-order valence-corrected chi connectivity index (χ3v) is 6.87. The van der Waals surface area contributed by atoms with Gasteiger partial charge in [-0.15, -0.1) is 0 Å². The van der Waals surface area contributed by atoms with Gasteiger partial charge in [0, 0.05) is 30.9 Å². The van der Waals surface area contributed by atoms with E-state index in [1.165, 1.54) is 5.56 Å². The first-order valence-electron chi connectivity index (χ1n) is 11.8. The number of hydrogen-bond acceptors (Lipinski definition) is 3. The van der Waals surface area contributed by atoms with Crippen LogP contribution >= 0.6 is 0 Å². The van der Waals surface area contributed by atoms with Crippen LogP contribution in [0.5, 0.6) is 0 Å². The lowest BCUT2D eigenvalue weighted by molar-refractivity contribution is 0.0880. The van der Waals surface area contributed by atoms with Crippen molar-refractivity contribution in [2.45, 2.75) is 39.8 Å². The minimum atomic E-state index is -0.834. The van der Waals surface area contributed by atoms with Gasteiger partial charge >= 0.3 is 6.09 Å². The first-order valence-corrected chi connectivity index (χ1v) is 11.8. The summed E-state index contributed by atoms with van der Waals surface area (Å²) < 4.78 is 2.25. The molecule has 2 aromatic heterocycles. The topological polar surface area (TPSA) is 71.2 Å². The number of carboxylic acid groups (broad SMARTS) is 1. The molecule has 1 saturated heterocycles. The Morgan fingerprint density at radius 3 is 2.35 bits per heavy atom. The van der Waals surface area contributed by atoms with Gasteiger partial charge in [0.05, 0.1) is 11.7 Å². The summed E-state index contributed by atoms with van der Waals surface area (Å²) in [6.45, 7) is 7.67. The van der Waals surface area contributed by atoms with Crippen molar-refractivity contribution in [2.75, 3.05) is 6.54 Å². The van der Waals surface area contributed by atoms with Crippen LogP contribution in [0.4, 0.5) is 4.79 Å². The standard InChI is InChI=1S/C28H30N4O2/c1-28(2,3)25-22(14-16-31(25)27(33)34)18-32-24-13-15-29-17-23(24)30-26(32)21-11-9-20(10-12-21)19-7-5-4-6-8-19/h4-13,15,17,22,25H,14,16,18H2,1-3H3,(H,33,34)/t22-,25?/m0/s1. The Hall–Kier alpha value is -3.67. The van der Waals surface area contributed by atoms with Crippen LogP contribution in [0, 0.1) is 11.3 Å². The molecule has 174 valence electrons. The highest BCUT2D eigenvalue weighted by atomic mass is 16.4. The molecule has 1 aliphatic rings. The molecule has 0 radical (unpaired) electrons. The highest BCUT2D eigenvalue weighted by Gasteiger charge is 2.44. The Morgan fingerprint density at radius 2 is 1.68 bits per heavy atom. The number of fused-ring (bicyclic) bond motifs is 1. The summed E-state index contributed by atoms with van der Waals surface area (Å²) in [5, 5.41) is 9.81. The molecule has 1 N–H and O–H groups in total. The van der Waals surface area contributed by atoms with Crippen LogP contribution in [-0.2, 0) is 6.54 Å². The predicted molar refractivity (Wildman–Crippen MR) is 134 cm³/mol. The van der Waals surface area contributed by atoms with Crippen LogP contribution < -0.4 is 0 Å². The Morgan fingerprint density at radius 1 is 1.00 bits per heavy atom. The first kappa shape index (κ1) is 22.1. The second-order valence-electron chi connectivity index (χ2n) is 10.2. The lowest BCUT2D eigenvalue weighted by atomic mass is 9.79. The largest absolute Gasteiger partial charge is 0.465 e. The van der Waals surface area contributed by atoms with Gasteiger partial charge in [0.25, 0.3) is 0 Å². The van der Waals surface area contributed by atoms with Crippen LogP contribution in [0.1, 0.15) is 27.2 Å². The maximum absolute atomic E-state index is 12.0. The van der Waals surface area contributed by atoms with E-state index in [-0.39, 0.29) is 17.4 Å². The van der Waals surface area contributed by atoms with Crippen molar-refractivity contribution in [3.05, 3.63) is 73.1 Å². The fourth-order valence-electron chi connectivity index (χ4n) is 5.50. The van der Waals surface area contributed by atoms with E-state index < -0.39 is 6.09 Å². The quantitative estimate of drug-likeness (QED) is 0.400. The number of hydrogen-bond donors (Lipinski definition) is 1. The van der Waals surface area contributed by atoms with Crippen LogP contribution in [0.15, 0.2) is 73.1 Å². The van der Waals surface area contributed by atoms with E-state index in [9.17, 15) is 9.90 Å². The van der Waals surface area contributed by atoms with Gasteiger partial charge in [0.2, 0.25) is 0 Å². The average Bonchev–Trinajstić information content (AvgIpc) is 3.42. The van der Waals surface area contributed by atoms with Gasteiger partial charge < -0.3 is 14.6 Å². The molecule has 0 saturated carbocycles. The molecule has 1 amide bonds. The van der Waals surface area contributed by atoms with Gasteiger partial charge in [-0.2, -0.15) is 0 Å². The van der Waals surface area contributed by atoms with Crippen LogP contribution in [0.2, 0.25) is 0 Å². The van der Waals surface area contributed by atoms with Crippen LogP contribution in [0.3, 0.4) is 0 Å². The highest BCUT2D eigenvalue weighted by molar-refractivity contribution is 5.80. The number of imidazole rings is 1. The second kappa shape index (κ2) is 8.60. The van der Waals surface area contributed by atoms with Gasteiger partial charge in [-0.05, 0) is 34.9 Å². The molecule has 2 atom stereocenters. The first-order chi connectivity index (χ1) is 16.3. The summed E-state index contributed by atoms with van der Waals surface area (Å²) in [6.07, 6.45) is 3.60. The summed E-state index contributed by atoms with van der Waals surface area (Å²) in [6, 6.07) is 20.8. The molecule has 34 heavy (non-hydrogen) atoms. The van der Waals surface area contributed by atoms with E-state index in [4.69, 9.17) is 4.98 Å². The van der Waals surface area contributed by atoms with Crippen molar-refractivity contribution in [3.63, 3.8) is 0 Å². The number of aromatic nitrogens is 3. The second-order valence-corrected chi connectivity index (χ2v) is 10.2. The molecule has 5 rings (SSSR count). The van der Waals surface area contributed by atoms with Gasteiger partial charge in [-0.1, -0.05) is 75.4 Å². The highest BCUT2D eigenvalue weighted by Crippen LogP contribution is 2.39. The van der Waals surface area contributed by atoms with Gasteiger partial charge in [-0.25, -0.2) is 9.78 Å². The maximum Gasteiger partial charge on any atom is 0.407 e. The van der Waals surface area contributed by atoms with Crippen molar-refractivity contribution in [3.8, 4) is 22.5 Å². The summed E-state index contributed by atoms with van der Waals surface area (Å²) in [7, 11) is 0. The van der Waals surface area contributed by atoms with Gasteiger partial charge in [0.15, 0.2) is 0 Å². The molecule has 1 unspecified atom stereocenters. The van der Waals surface area contributed by atoms with Crippen LogP contribution in [0.25, 0.3) is 33.5 Å². The van der Waals surface area contributed by atoms with E-state index in [1.807, 2.05) is 24.3 Å². The zero-order valence-electron chi connectivity index (χ0n) is 19.8. The Balaban J connectivity index is 1.54. The lowest BCUT2D eigenvalue weighted by Gasteiger charge is -2.37. The van der Waals surface area contributed by atoms with Crippen LogP contribution in [-0.4, -0.2) is 43.2 Å². The van der Waals surface area contributed by atoms with Crippen molar-refractivity contribution in [2.24, 2.45) is 11.3 Å². The van der Waals surface area contributed by atoms with Gasteiger partial charge in [-0.3, -0.25) is 4.98 Å². The molecule has 1 aliphatic heterocycles. The number of likely N-dealkylation sites (tertiary alicyclic amines) is 1. The zero-order chi connectivity index (χ0) is 23.9. The maximum atomic E-state index is 12.0. The number of benzene rings is 2. The molecular weight excluding hydrogens is 424 g/mol. The normalized spacial score (nSPS) is 18.5. The smallest absolute Gasteiger partial charge is 0.407 e. The predicted octanol–water partition coefficient (Wildman–Crippen LogP) is 6.18. The average molecular weight is 455 g/mol. The Labute approximate surface area is 199 Å². The zero-order valence-corrected chi connectivity index (χ0v) is 19.8. The monoisotopic (exact) mass is 454 g/mol. The minimum Gasteiger partial charge on any atom is -0.465 e. The van der Waals surface area contributed by atoms with Crippen molar-refractivity contribution in [1.29, 1.82) is 0 Å². The van der Waals surface area contributed by atoms with Gasteiger partial charge in [0.1, 0.15) is 11.3 Å². The molecule has 6 nitrogen and oxygen atoms in total. The molecule has 2 aromatic carbocycles. The Kier molecular flexibility index (Phi) is 5.60. The number of amides is 1.